The highest BCUT2D eigenvalue weighted by molar-refractivity contribution is 7.92. The molecule has 0 aliphatic heterocycles. The highest BCUT2D eigenvalue weighted by Gasteiger charge is 2.21. The molecule has 2 rings (SSSR count). The maximum absolute atomic E-state index is 13.8. The molecule has 0 heterocycles. The van der Waals surface area contributed by atoms with Crippen LogP contribution in [0.15, 0.2) is 41.3 Å². The van der Waals surface area contributed by atoms with E-state index in [1.165, 1.54) is 12.1 Å². The van der Waals surface area contributed by atoms with Crippen molar-refractivity contribution in [3.05, 3.63) is 52.3 Å². The van der Waals surface area contributed by atoms with Crippen LogP contribution in [0.1, 0.15) is 0 Å². The summed E-state index contributed by atoms with van der Waals surface area (Å²) in [5.41, 5.74) is 0.856. The Morgan fingerprint density at radius 1 is 1.05 bits per heavy atom. The third kappa shape index (κ3) is 3.63. The Morgan fingerprint density at radius 3 is 2.23 bits per heavy atom. The number of anilines is 2. The average molecular weight is 363 g/mol. The predicted octanol–water partition coefficient (Wildman–Crippen LogP) is 4.00. The molecule has 0 amide bonds. The molecule has 0 saturated carbocycles. The van der Waals surface area contributed by atoms with Crippen molar-refractivity contribution < 1.29 is 12.8 Å². The van der Waals surface area contributed by atoms with E-state index in [2.05, 4.69) is 4.72 Å². The van der Waals surface area contributed by atoms with Crippen LogP contribution in [0, 0.1) is 5.82 Å². The van der Waals surface area contributed by atoms with E-state index in [4.69, 9.17) is 23.2 Å². The van der Waals surface area contributed by atoms with Gasteiger partial charge in [0.15, 0.2) is 0 Å². The van der Waals surface area contributed by atoms with Crippen LogP contribution in [0.25, 0.3) is 0 Å². The van der Waals surface area contributed by atoms with Gasteiger partial charge in [-0.25, -0.2) is 12.8 Å². The highest BCUT2D eigenvalue weighted by Crippen LogP contribution is 2.30. The molecule has 0 bridgehead atoms. The molecule has 0 spiro atoms. The standard InChI is InChI=1S/C14H13Cl2FN2O2S/c1-19(2)13-5-3-10(16)8-12(13)18-22(20,21)14-6-4-9(15)7-11(14)17/h3-8,18H,1-2H3. The van der Waals surface area contributed by atoms with E-state index >= 15 is 0 Å². The van der Waals surface area contributed by atoms with Gasteiger partial charge >= 0.3 is 0 Å². The van der Waals surface area contributed by atoms with Gasteiger partial charge in [-0.1, -0.05) is 23.2 Å². The number of rotatable bonds is 4. The smallest absolute Gasteiger partial charge is 0.264 e. The Hall–Kier alpha value is -1.50. The van der Waals surface area contributed by atoms with Gasteiger partial charge in [0.1, 0.15) is 10.7 Å². The Kier molecular flexibility index (Phi) is 4.84. The van der Waals surface area contributed by atoms with Gasteiger partial charge in [-0.15, -0.1) is 0 Å². The normalized spacial score (nSPS) is 11.3. The summed E-state index contributed by atoms with van der Waals surface area (Å²) in [6.45, 7) is 0. The minimum absolute atomic E-state index is 0.119. The van der Waals surface area contributed by atoms with Crippen molar-refractivity contribution in [1.29, 1.82) is 0 Å². The molecule has 0 aliphatic rings. The Bertz CT molecular complexity index is 810. The van der Waals surface area contributed by atoms with Crippen molar-refractivity contribution in [3.8, 4) is 0 Å². The van der Waals surface area contributed by atoms with E-state index in [-0.39, 0.29) is 10.7 Å². The van der Waals surface area contributed by atoms with Crippen LogP contribution in [-0.4, -0.2) is 22.5 Å². The average Bonchev–Trinajstić information content (AvgIpc) is 2.37. The van der Waals surface area contributed by atoms with Crippen LogP contribution >= 0.6 is 23.2 Å². The molecule has 1 N–H and O–H groups in total. The van der Waals surface area contributed by atoms with E-state index in [0.717, 1.165) is 12.1 Å². The molecule has 2 aromatic rings. The first-order valence-electron chi connectivity index (χ1n) is 6.15. The third-order valence-electron chi connectivity index (χ3n) is 2.87. The van der Waals surface area contributed by atoms with Crippen LogP contribution in [0.4, 0.5) is 15.8 Å². The van der Waals surface area contributed by atoms with E-state index in [0.29, 0.717) is 10.7 Å². The summed E-state index contributed by atoms with van der Waals surface area (Å²) in [7, 11) is -0.595. The van der Waals surface area contributed by atoms with Crippen molar-refractivity contribution in [2.45, 2.75) is 4.90 Å². The molecule has 2 aromatic carbocycles. The number of sulfonamides is 1. The topological polar surface area (TPSA) is 49.4 Å². The second-order valence-electron chi connectivity index (χ2n) is 4.74. The molecular formula is C14H13Cl2FN2O2S. The first kappa shape index (κ1) is 16.9. The fourth-order valence-electron chi connectivity index (χ4n) is 1.87. The monoisotopic (exact) mass is 362 g/mol. The van der Waals surface area contributed by atoms with E-state index in [1.807, 2.05) is 0 Å². The van der Waals surface area contributed by atoms with E-state index < -0.39 is 20.7 Å². The number of nitrogens with zero attached hydrogens (tertiary/aromatic N) is 1. The van der Waals surface area contributed by atoms with Crippen LogP contribution in [0.3, 0.4) is 0 Å². The first-order valence-corrected chi connectivity index (χ1v) is 8.39. The summed E-state index contributed by atoms with van der Waals surface area (Å²) in [5, 5.41) is 0.480. The van der Waals surface area contributed by atoms with Crippen LogP contribution in [0.5, 0.6) is 0 Å². The summed E-state index contributed by atoms with van der Waals surface area (Å²) in [5.74, 6) is -0.923. The molecule has 22 heavy (non-hydrogen) atoms. The maximum Gasteiger partial charge on any atom is 0.264 e. The lowest BCUT2D eigenvalue weighted by Gasteiger charge is -2.19. The van der Waals surface area contributed by atoms with Gasteiger partial charge in [-0.05, 0) is 36.4 Å². The zero-order valence-corrected chi connectivity index (χ0v) is 14.1. The molecule has 0 aliphatic carbocycles. The van der Waals surface area contributed by atoms with Gasteiger partial charge in [-0.3, -0.25) is 4.72 Å². The van der Waals surface area contributed by atoms with Gasteiger partial charge in [0, 0.05) is 24.1 Å². The van der Waals surface area contributed by atoms with Crippen LogP contribution in [0.2, 0.25) is 10.0 Å². The van der Waals surface area contributed by atoms with Crippen LogP contribution in [-0.2, 0) is 10.0 Å². The number of hydrogen-bond acceptors (Lipinski definition) is 3. The SMILES string of the molecule is CN(C)c1ccc(Cl)cc1NS(=O)(=O)c1ccc(Cl)cc1F. The molecule has 118 valence electrons. The minimum atomic E-state index is -4.10. The molecule has 4 nitrogen and oxygen atoms in total. The van der Waals surface area contributed by atoms with Crippen LogP contribution < -0.4 is 9.62 Å². The zero-order chi connectivity index (χ0) is 16.5. The summed E-state index contributed by atoms with van der Waals surface area (Å²) in [6, 6.07) is 8.13. The molecule has 0 fully saturated rings. The van der Waals surface area contributed by atoms with Crippen molar-refractivity contribution in [1.82, 2.24) is 0 Å². The Labute approximate surface area is 138 Å². The van der Waals surface area contributed by atoms with Crippen molar-refractivity contribution in [3.63, 3.8) is 0 Å². The van der Waals surface area contributed by atoms with Gasteiger partial charge in [0.2, 0.25) is 0 Å². The fraction of sp³-hybridized carbons (Fsp3) is 0.143. The molecule has 0 aromatic heterocycles. The molecule has 0 atom stereocenters. The largest absolute Gasteiger partial charge is 0.376 e. The predicted molar refractivity (Wildman–Crippen MR) is 88.0 cm³/mol. The Balaban J connectivity index is 2.47. The fourth-order valence-corrected chi connectivity index (χ4v) is 3.33. The van der Waals surface area contributed by atoms with Crippen molar-refractivity contribution in [2.75, 3.05) is 23.7 Å². The number of halogens is 3. The lowest BCUT2D eigenvalue weighted by molar-refractivity contribution is 0.570. The summed E-state index contributed by atoms with van der Waals surface area (Å²) in [4.78, 5) is 1.23. The van der Waals surface area contributed by atoms with Gasteiger partial charge in [-0.2, -0.15) is 0 Å². The van der Waals surface area contributed by atoms with Gasteiger partial charge in [0.25, 0.3) is 10.0 Å². The second-order valence-corrected chi connectivity index (χ2v) is 7.26. The van der Waals surface area contributed by atoms with Crippen molar-refractivity contribution >= 4 is 44.6 Å². The van der Waals surface area contributed by atoms with E-state index in [9.17, 15) is 12.8 Å². The number of hydrogen-bond donors (Lipinski definition) is 1. The summed E-state index contributed by atoms with van der Waals surface area (Å²) >= 11 is 11.5. The van der Waals surface area contributed by atoms with Crippen molar-refractivity contribution in [2.24, 2.45) is 0 Å². The second kappa shape index (κ2) is 6.32. The lowest BCUT2D eigenvalue weighted by atomic mass is 10.2. The summed E-state index contributed by atoms with van der Waals surface area (Å²) < 4.78 is 40.9. The highest BCUT2D eigenvalue weighted by atomic mass is 35.5. The molecule has 0 unspecified atom stereocenters. The number of benzene rings is 2. The third-order valence-corrected chi connectivity index (χ3v) is 4.74. The molecular weight excluding hydrogens is 350 g/mol. The quantitative estimate of drug-likeness (QED) is 0.893. The Morgan fingerprint density at radius 2 is 1.64 bits per heavy atom. The van der Waals surface area contributed by atoms with E-state index in [1.54, 1.807) is 31.1 Å². The molecule has 8 heteroatoms. The van der Waals surface area contributed by atoms with Gasteiger partial charge < -0.3 is 4.90 Å². The summed E-state index contributed by atoms with van der Waals surface area (Å²) in [6.07, 6.45) is 0. The lowest BCUT2D eigenvalue weighted by Crippen LogP contribution is -2.18. The van der Waals surface area contributed by atoms with Gasteiger partial charge in [0.05, 0.1) is 11.4 Å². The molecule has 0 saturated heterocycles. The maximum atomic E-state index is 13.8. The zero-order valence-electron chi connectivity index (χ0n) is 11.8. The number of nitrogens with one attached hydrogen (secondary N) is 1. The molecule has 0 radical (unpaired) electrons. The minimum Gasteiger partial charge on any atom is -0.376 e. The first-order chi connectivity index (χ1) is 10.2.